The minimum atomic E-state index is -3.93. The Morgan fingerprint density at radius 1 is 1.47 bits per heavy atom. The van der Waals surface area contributed by atoms with E-state index in [1.54, 1.807) is 0 Å². The summed E-state index contributed by atoms with van der Waals surface area (Å²) in [7, 11) is -3.93. The third-order valence-electron chi connectivity index (χ3n) is 2.22. The number of sulfonamides is 1. The SMILES string of the molecule is NC(=O)c1cnc(S(N)(=O)=O)cc1OC1CC1. The molecule has 0 atom stereocenters. The van der Waals surface area contributed by atoms with Crippen molar-refractivity contribution in [3.63, 3.8) is 0 Å². The van der Waals surface area contributed by atoms with E-state index < -0.39 is 15.9 Å². The smallest absolute Gasteiger partial charge is 0.255 e. The van der Waals surface area contributed by atoms with E-state index in [4.69, 9.17) is 15.6 Å². The lowest BCUT2D eigenvalue weighted by Gasteiger charge is -2.09. The summed E-state index contributed by atoms with van der Waals surface area (Å²) in [4.78, 5) is 14.7. The Morgan fingerprint density at radius 2 is 2.12 bits per heavy atom. The molecule has 2 rings (SSSR count). The molecule has 7 nitrogen and oxygen atoms in total. The highest BCUT2D eigenvalue weighted by Gasteiger charge is 2.26. The molecule has 0 aromatic carbocycles. The van der Waals surface area contributed by atoms with Crippen LogP contribution in [-0.4, -0.2) is 25.4 Å². The summed E-state index contributed by atoms with van der Waals surface area (Å²) in [6.45, 7) is 0. The van der Waals surface area contributed by atoms with Gasteiger partial charge in [0.1, 0.15) is 5.75 Å². The van der Waals surface area contributed by atoms with Crippen molar-refractivity contribution in [3.8, 4) is 5.75 Å². The third-order valence-corrected chi connectivity index (χ3v) is 3.02. The first-order valence-corrected chi connectivity index (χ1v) is 6.42. The minimum Gasteiger partial charge on any atom is -0.489 e. The van der Waals surface area contributed by atoms with Gasteiger partial charge in [0, 0.05) is 12.3 Å². The summed E-state index contributed by atoms with van der Waals surface area (Å²) in [5.41, 5.74) is 5.18. The van der Waals surface area contributed by atoms with Gasteiger partial charge in [-0.05, 0) is 12.8 Å². The molecule has 0 radical (unpaired) electrons. The minimum absolute atomic E-state index is 0.00354. The summed E-state index contributed by atoms with van der Waals surface area (Å²) in [6, 6.07) is 1.12. The molecule has 0 aliphatic heterocycles. The van der Waals surface area contributed by atoms with Gasteiger partial charge in [-0.15, -0.1) is 0 Å². The van der Waals surface area contributed by atoms with Gasteiger partial charge in [-0.3, -0.25) is 4.79 Å². The maximum absolute atomic E-state index is 11.1. The molecule has 1 aromatic heterocycles. The zero-order chi connectivity index (χ0) is 12.6. The van der Waals surface area contributed by atoms with Crippen LogP contribution in [0.3, 0.4) is 0 Å². The summed E-state index contributed by atoms with van der Waals surface area (Å²) in [6.07, 6.45) is 2.79. The number of primary sulfonamides is 1. The summed E-state index contributed by atoms with van der Waals surface area (Å²) >= 11 is 0. The van der Waals surface area contributed by atoms with Crippen LogP contribution in [0.2, 0.25) is 0 Å². The quantitative estimate of drug-likeness (QED) is 0.742. The highest BCUT2D eigenvalue weighted by atomic mass is 32.2. The number of hydrogen-bond donors (Lipinski definition) is 2. The van der Waals surface area contributed by atoms with Crippen molar-refractivity contribution in [2.24, 2.45) is 10.9 Å². The molecule has 1 saturated carbocycles. The van der Waals surface area contributed by atoms with E-state index in [1.165, 1.54) is 0 Å². The Labute approximate surface area is 97.8 Å². The first-order chi connectivity index (χ1) is 7.88. The second-order valence-electron chi connectivity index (χ2n) is 3.75. The number of ether oxygens (including phenoxy) is 1. The fraction of sp³-hybridized carbons (Fsp3) is 0.333. The Balaban J connectivity index is 2.45. The highest BCUT2D eigenvalue weighted by Crippen LogP contribution is 2.29. The molecule has 92 valence electrons. The molecule has 0 bridgehead atoms. The molecule has 0 saturated heterocycles. The molecule has 17 heavy (non-hydrogen) atoms. The molecule has 1 aromatic rings. The first-order valence-electron chi connectivity index (χ1n) is 4.87. The van der Waals surface area contributed by atoms with Crippen LogP contribution in [0.25, 0.3) is 0 Å². The van der Waals surface area contributed by atoms with Crippen molar-refractivity contribution >= 4 is 15.9 Å². The maximum Gasteiger partial charge on any atom is 0.255 e. The van der Waals surface area contributed by atoms with E-state index >= 15 is 0 Å². The van der Waals surface area contributed by atoms with Gasteiger partial charge in [-0.25, -0.2) is 18.5 Å². The topological polar surface area (TPSA) is 125 Å². The van der Waals surface area contributed by atoms with Crippen LogP contribution in [0.4, 0.5) is 0 Å². The second kappa shape index (κ2) is 3.97. The number of carbonyl (C=O) groups excluding carboxylic acids is 1. The predicted molar refractivity (Wildman–Crippen MR) is 57.8 cm³/mol. The van der Waals surface area contributed by atoms with Crippen LogP contribution >= 0.6 is 0 Å². The Bertz CT molecular complexity index is 566. The first kappa shape index (κ1) is 11.8. The normalized spacial score (nSPS) is 15.6. The molecule has 1 aliphatic rings. The van der Waals surface area contributed by atoms with Crippen LogP contribution in [-0.2, 0) is 10.0 Å². The summed E-state index contributed by atoms with van der Waals surface area (Å²) < 4.78 is 27.6. The van der Waals surface area contributed by atoms with Crippen LogP contribution in [0.1, 0.15) is 23.2 Å². The fourth-order valence-electron chi connectivity index (χ4n) is 1.22. The van der Waals surface area contributed by atoms with Gasteiger partial charge in [0.25, 0.3) is 15.9 Å². The van der Waals surface area contributed by atoms with E-state index in [0.29, 0.717) is 0 Å². The number of nitrogens with two attached hydrogens (primary N) is 2. The van der Waals surface area contributed by atoms with E-state index in [9.17, 15) is 13.2 Å². The molecule has 4 N–H and O–H groups in total. The van der Waals surface area contributed by atoms with Gasteiger partial charge in [0.2, 0.25) is 0 Å². The lowest BCUT2D eigenvalue weighted by Crippen LogP contribution is -2.18. The van der Waals surface area contributed by atoms with Gasteiger partial charge < -0.3 is 10.5 Å². The fourth-order valence-corrected chi connectivity index (χ4v) is 1.69. The number of hydrogen-bond acceptors (Lipinski definition) is 5. The van der Waals surface area contributed by atoms with Crippen molar-refractivity contribution in [3.05, 3.63) is 17.8 Å². The number of carbonyl (C=O) groups is 1. The van der Waals surface area contributed by atoms with Gasteiger partial charge in [0.15, 0.2) is 5.03 Å². The molecule has 1 fully saturated rings. The van der Waals surface area contributed by atoms with Crippen LogP contribution < -0.4 is 15.6 Å². The molecular formula is C9H11N3O4S. The van der Waals surface area contributed by atoms with Crippen molar-refractivity contribution < 1.29 is 17.9 Å². The molecule has 0 unspecified atom stereocenters. The Morgan fingerprint density at radius 3 is 2.59 bits per heavy atom. The monoisotopic (exact) mass is 257 g/mol. The molecule has 1 aliphatic carbocycles. The second-order valence-corrected chi connectivity index (χ2v) is 5.25. The summed E-state index contributed by atoms with van der Waals surface area (Å²) in [5, 5.41) is 4.59. The maximum atomic E-state index is 11.1. The largest absolute Gasteiger partial charge is 0.489 e. The van der Waals surface area contributed by atoms with Gasteiger partial charge in [0.05, 0.1) is 11.7 Å². The highest BCUT2D eigenvalue weighted by molar-refractivity contribution is 7.89. The lowest BCUT2D eigenvalue weighted by atomic mass is 10.2. The van der Waals surface area contributed by atoms with Crippen molar-refractivity contribution in [2.75, 3.05) is 0 Å². The number of pyridine rings is 1. The molecule has 0 spiro atoms. The van der Waals surface area contributed by atoms with E-state index in [2.05, 4.69) is 4.98 Å². The molecular weight excluding hydrogens is 246 g/mol. The summed E-state index contributed by atoms with van der Waals surface area (Å²) in [5.74, 6) is -0.617. The zero-order valence-corrected chi connectivity index (χ0v) is 9.61. The lowest BCUT2D eigenvalue weighted by molar-refractivity contribution is 0.0995. The third kappa shape index (κ3) is 2.71. The number of amides is 1. The number of rotatable bonds is 4. The number of aromatic nitrogens is 1. The van der Waals surface area contributed by atoms with E-state index in [0.717, 1.165) is 25.1 Å². The van der Waals surface area contributed by atoms with Crippen molar-refractivity contribution in [1.29, 1.82) is 0 Å². The standard InChI is InChI=1S/C9H11N3O4S/c10-9(13)6-4-12-8(17(11,14)15)3-7(6)16-5-1-2-5/h3-5H,1-2H2,(H2,10,13)(H2,11,14,15). The average Bonchev–Trinajstić information content (AvgIpc) is 2.99. The Hall–Kier alpha value is -1.67. The van der Waals surface area contributed by atoms with Crippen LogP contribution in [0.15, 0.2) is 17.3 Å². The van der Waals surface area contributed by atoms with Crippen molar-refractivity contribution in [1.82, 2.24) is 4.98 Å². The van der Waals surface area contributed by atoms with Gasteiger partial charge >= 0.3 is 0 Å². The van der Waals surface area contributed by atoms with Crippen LogP contribution in [0, 0.1) is 0 Å². The Kier molecular flexibility index (Phi) is 2.76. The predicted octanol–water partition coefficient (Wildman–Crippen LogP) is -0.631. The molecule has 1 heterocycles. The zero-order valence-electron chi connectivity index (χ0n) is 8.79. The van der Waals surface area contributed by atoms with E-state index in [1.807, 2.05) is 0 Å². The van der Waals surface area contributed by atoms with Gasteiger partial charge in [-0.1, -0.05) is 0 Å². The number of nitrogens with zero attached hydrogens (tertiary/aromatic N) is 1. The average molecular weight is 257 g/mol. The molecule has 1 amide bonds. The number of primary amides is 1. The molecule has 8 heteroatoms. The van der Waals surface area contributed by atoms with Crippen LogP contribution in [0.5, 0.6) is 5.75 Å². The van der Waals surface area contributed by atoms with Gasteiger partial charge in [-0.2, -0.15) is 0 Å². The van der Waals surface area contributed by atoms with E-state index in [-0.39, 0.29) is 22.4 Å². The van der Waals surface area contributed by atoms with Crippen molar-refractivity contribution in [2.45, 2.75) is 24.0 Å².